The van der Waals surface area contributed by atoms with Gasteiger partial charge >= 0.3 is 5.97 Å². The van der Waals surface area contributed by atoms with Crippen molar-refractivity contribution in [3.63, 3.8) is 0 Å². The molecule has 23 heavy (non-hydrogen) atoms. The molecule has 0 unspecified atom stereocenters. The zero-order chi connectivity index (χ0) is 16.1. The molecule has 0 radical (unpaired) electrons. The lowest BCUT2D eigenvalue weighted by atomic mass is 10.1. The minimum atomic E-state index is -0.911. The maximum Gasteiger partial charge on any atom is 0.349 e. The lowest BCUT2D eigenvalue weighted by Gasteiger charge is -2.20. The third kappa shape index (κ3) is 3.99. The fraction of sp³-hybridized carbons (Fsp3) is 0.333. The summed E-state index contributed by atoms with van der Waals surface area (Å²) in [5.41, 5.74) is 0.688. The van der Waals surface area contributed by atoms with Gasteiger partial charge in [-0.25, -0.2) is 4.79 Å². The molecule has 120 valence electrons. The van der Waals surface area contributed by atoms with Crippen molar-refractivity contribution < 1.29 is 14.3 Å². The van der Waals surface area contributed by atoms with Crippen molar-refractivity contribution in [2.24, 2.45) is 0 Å². The van der Waals surface area contributed by atoms with Crippen LogP contribution in [0, 0.1) is 0 Å². The van der Waals surface area contributed by atoms with Gasteiger partial charge in [0.05, 0.1) is 0 Å². The van der Waals surface area contributed by atoms with E-state index in [0.717, 1.165) is 25.7 Å². The summed E-state index contributed by atoms with van der Waals surface area (Å²) in [6.45, 7) is 0. The van der Waals surface area contributed by atoms with E-state index in [1.54, 1.807) is 24.3 Å². The number of rotatable bonds is 5. The van der Waals surface area contributed by atoms with Crippen molar-refractivity contribution in [3.05, 3.63) is 58.3 Å². The van der Waals surface area contributed by atoms with Gasteiger partial charge in [0, 0.05) is 11.6 Å². The van der Waals surface area contributed by atoms with E-state index in [1.807, 2.05) is 23.6 Å². The molecule has 0 saturated heterocycles. The molecule has 4 nitrogen and oxygen atoms in total. The summed E-state index contributed by atoms with van der Waals surface area (Å²) in [5.74, 6) is -0.705. The molecule has 1 N–H and O–H groups in total. The van der Waals surface area contributed by atoms with E-state index in [1.165, 1.54) is 11.3 Å². The highest BCUT2D eigenvalue weighted by Gasteiger charge is 2.28. The van der Waals surface area contributed by atoms with E-state index < -0.39 is 12.1 Å². The standard InChI is InChI=1S/C18H19NO3S/c20-17(19-14-9-4-5-10-14)16(13-7-2-1-3-8-13)22-18(21)15-11-6-12-23-15/h1-3,6-8,11-12,14,16H,4-5,9-10H2,(H,19,20)/t16-/m1/s1. The number of thiophene rings is 1. The molecular weight excluding hydrogens is 310 g/mol. The van der Waals surface area contributed by atoms with Crippen LogP contribution in [0.5, 0.6) is 0 Å². The van der Waals surface area contributed by atoms with Crippen LogP contribution >= 0.6 is 11.3 Å². The number of benzene rings is 1. The molecule has 1 atom stereocenters. The van der Waals surface area contributed by atoms with E-state index in [9.17, 15) is 9.59 Å². The summed E-state index contributed by atoms with van der Waals surface area (Å²) in [7, 11) is 0. The number of carbonyl (C=O) groups is 2. The number of esters is 1. The summed E-state index contributed by atoms with van der Waals surface area (Å²) in [6.07, 6.45) is 3.34. The molecule has 1 saturated carbocycles. The zero-order valence-electron chi connectivity index (χ0n) is 12.7. The molecular formula is C18H19NO3S. The third-order valence-corrected chi connectivity index (χ3v) is 4.84. The Bertz CT molecular complexity index is 648. The van der Waals surface area contributed by atoms with Gasteiger partial charge < -0.3 is 10.1 Å². The predicted octanol–water partition coefficient (Wildman–Crippen LogP) is 3.71. The Kier molecular flexibility index (Phi) is 5.08. The number of ether oxygens (including phenoxy) is 1. The average Bonchev–Trinajstić information content (AvgIpc) is 3.26. The highest BCUT2D eigenvalue weighted by molar-refractivity contribution is 7.11. The van der Waals surface area contributed by atoms with Crippen molar-refractivity contribution in [1.29, 1.82) is 0 Å². The van der Waals surface area contributed by atoms with Gasteiger partial charge in [-0.05, 0) is 24.3 Å². The molecule has 1 aliphatic carbocycles. The van der Waals surface area contributed by atoms with Gasteiger partial charge in [0.15, 0.2) is 0 Å². The summed E-state index contributed by atoms with van der Waals surface area (Å²) >= 11 is 1.31. The highest BCUT2D eigenvalue weighted by Crippen LogP contribution is 2.23. The summed E-state index contributed by atoms with van der Waals surface area (Å²) in [6, 6.07) is 12.8. The monoisotopic (exact) mass is 329 g/mol. The van der Waals surface area contributed by atoms with Gasteiger partial charge in [0.25, 0.3) is 5.91 Å². The fourth-order valence-electron chi connectivity index (χ4n) is 2.81. The van der Waals surface area contributed by atoms with Gasteiger partial charge in [-0.2, -0.15) is 0 Å². The van der Waals surface area contributed by atoms with Crippen LogP contribution in [-0.4, -0.2) is 17.9 Å². The van der Waals surface area contributed by atoms with E-state index in [-0.39, 0.29) is 11.9 Å². The number of hydrogen-bond acceptors (Lipinski definition) is 4. The van der Waals surface area contributed by atoms with Crippen LogP contribution in [0.1, 0.15) is 47.0 Å². The Morgan fingerprint density at radius 2 is 1.83 bits per heavy atom. The second-order valence-electron chi connectivity index (χ2n) is 5.66. The quantitative estimate of drug-likeness (QED) is 0.851. The molecule has 1 fully saturated rings. The number of hydrogen-bond donors (Lipinski definition) is 1. The molecule has 1 aromatic carbocycles. The van der Waals surface area contributed by atoms with Crippen LogP contribution in [0.4, 0.5) is 0 Å². The second-order valence-corrected chi connectivity index (χ2v) is 6.61. The molecule has 0 aliphatic heterocycles. The Morgan fingerprint density at radius 1 is 1.09 bits per heavy atom. The van der Waals surface area contributed by atoms with E-state index in [4.69, 9.17) is 4.74 Å². The smallest absolute Gasteiger partial charge is 0.349 e. The summed E-state index contributed by atoms with van der Waals surface area (Å²) in [4.78, 5) is 25.4. The molecule has 1 amide bonds. The topological polar surface area (TPSA) is 55.4 Å². The largest absolute Gasteiger partial charge is 0.443 e. The average molecular weight is 329 g/mol. The van der Waals surface area contributed by atoms with Crippen molar-refractivity contribution >= 4 is 23.2 Å². The highest BCUT2D eigenvalue weighted by atomic mass is 32.1. The van der Waals surface area contributed by atoms with Gasteiger partial charge in [-0.15, -0.1) is 11.3 Å². The molecule has 1 aliphatic rings. The fourth-order valence-corrected chi connectivity index (χ4v) is 3.41. The van der Waals surface area contributed by atoms with E-state index >= 15 is 0 Å². The first kappa shape index (κ1) is 15.7. The molecule has 5 heteroatoms. The van der Waals surface area contributed by atoms with Crippen LogP contribution in [-0.2, 0) is 9.53 Å². The van der Waals surface area contributed by atoms with Gasteiger partial charge in [0.2, 0.25) is 6.10 Å². The van der Waals surface area contributed by atoms with Gasteiger partial charge in [-0.3, -0.25) is 4.79 Å². The first-order valence-corrected chi connectivity index (χ1v) is 8.72. The molecule has 0 bridgehead atoms. The van der Waals surface area contributed by atoms with Crippen molar-refractivity contribution in [2.75, 3.05) is 0 Å². The molecule has 3 rings (SSSR count). The number of nitrogens with one attached hydrogen (secondary N) is 1. The Morgan fingerprint density at radius 3 is 2.48 bits per heavy atom. The minimum Gasteiger partial charge on any atom is -0.443 e. The third-order valence-electron chi connectivity index (χ3n) is 3.99. The number of carbonyl (C=O) groups excluding carboxylic acids is 2. The minimum absolute atomic E-state index is 0.189. The zero-order valence-corrected chi connectivity index (χ0v) is 13.6. The lowest BCUT2D eigenvalue weighted by Crippen LogP contribution is -2.38. The Balaban J connectivity index is 1.76. The predicted molar refractivity (Wildman–Crippen MR) is 89.3 cm³/mol. The molecule has 2 aromatic rings. The normalized spacial score (nSPS) is 16.0. The second kappa shape index (κ2) is 7.42. The maximum absolute atomic E-state index is 12.6. The summed E-state index contributed by atoms with van der Waals surface area (Å²) in [5, 5.41) is 4.83. The van der Waals surface area contributed by atoms with E-state index in [0.29, 0.717) is 10.4 Å². The van der Waals surface area contributed by atoms with Crippen LogP contribution in [0.15, 0.2) is 47.8 Å². The van der Waals surface area contributed by atoms with Crippen molar-refractivity contribution in [2.45, 2.75) is 37.8 Å². The van der Waals surface area contributed by atoms with Gasteiger partial charge in [0.1, 0.15) is 4.88 Å². The maximum atomic E-state index is 12.6. The van der Waals surface area contributed by atoms with Crippen LogP contribution < -0.4 is 5.32 Å². The molecule has 1 aromatic heterocycles. The lowest BCUT2D eigenvalue weighted by molar-refractivity contribution is -0.131. The molecule has 0 spiro atoms. The van der Waals surface area contributed by atoms with Crippen molar-refractivity contribution in [1.82, 2.24) is 5.32 Å². The van der Waals surface area contributed by atoms with Crippen LogP contribution in [0.25, 0.3) is 0 Å². The Hall–Kier alpha value is -2.14. The van der Waals surface area contributed by atoms with Crippen molar-refractivity contribution in [3.8, 4) is 0 Å². The van der Waals surface area contributed by atoms with Gasteiger partial charge in [-0.1, -0.05) is 49.2 Å². The molecule has 1 heterocycles. The summed E-state index contributed by atoms with van der Waals surface area (Å²) < 4.78 is 5.51. The first-order chi connectivity index (χ1) is 11.2. The Labute approximate surface area is 139 Å². The number of amides is 1. The SMILES string of the molecule is O=C(O[C@@H](C(=O)NC1CCCC1)c1ccccc1)c1cccs1. The van der Waals surface area contributed by atoms with Crippen LogP contribution in [0.3, 0.4) is 0 Å². The van der Waals surface area contributed by atoms with Crippen LogP contribution in [0.2, 0.25) is 0 Å². The first-order valence-electron chi connectivity index (χ1n) is 7.84. The van der Waals surface area contributed by atoms with E-state index in [2.05, 4.69) is 5.32 Å².